The number of aromatic nitrogens is 1. The van der Waals surface area contributed by atoms with Crippen molar-refractivity contribution in [3.05, 3.63) is 71.4 Å². The van der Waals surface area contributed by atoms with Gasteiger partial charge in [-0.3, -0.25) is 14.6 Å². The predicted octanol–water partition coefficient (Wildman–Crippen LogP) is 4.78. The number of hydrogen-bond acceptors (Lipinski definition) is 2. The van der Waals surface area contributed by atoms with Gasteiger partial charge in [0.15, 0.2) is 0 Å². The highest BCUT2D eigenvalue weighted by Crippen LogP contribution is 2.45. The van der Waals surface area contributed by atoms with Crippen molar-refractivity contribution < 1.29 is 9.59 Å². The van der Waals surface area contributed by atoms with Crippen LogP contribution in [0.2, 0.25) is 0 Å². The Morgan fingerprint density at radius 3 is 2.40 bits per heavy atom. The van der Waals surface area contributed by atoms with Crippen molar-refractivity contribution in [1.82, 2.24) is 14.8 Å². The Balaban J connectivity index is 1.51. The molecule has 5 heteroatoms. The second-order valence-electron chi connectivity index (χ2n) is 8.79. The first kappa shape index (κ1) is 17.8. The van der Waals surface area contributed by atoms with Gasteiger partial charge in [0.25, 0.3) is 5.91 Å². The standard InChI is InChI=1S/C25H25N3O2/c29-24-21-15-19-18-13-7-8-14-20(18)26-22(19)23(16-9-3-1-4-10-16)28(21)25(30)27(24)17-11-5-2-6-12-17/h1,3-4,7-10,13-14,17,21,23,26H,2,5-6,11-12,15H2/t21-,23-/m0/s1. The normalized spacial score (nSPS) is 24.4. The average molecular weight is 399 g/mol. The van der Waals surface area contributed by atoms with Gasteiger partial charge in [0.2, 0.25) is 0 Å². The zero-order valence-corrected chi connectivity index (χ0v) is 16.9. The molecule has 6 rings (SSSR count). The topological polar surface area (TPSA) is 56.4 Å². The van der Waals surface area contributed by atoms with E-state index >= 15 is 0 Å². The third-order valence-electron chi connectivity index (χ3n) is 7.14. The van der Waals surface area contributed by atoms with E-state index in [9.17, 15) is 9.59 Å². The number of nitrogens with zero attached hydrogens (tertiary/aromatic N) is 2. The molecule has 1 N–H and O–H groups in total. The Kier molecular flexibility index (Phi) is 3.98. The smallest absolute Gasteiger partial charge is 0.328 e. The number of para-hydroxylation sites is 1. The number of H-pyrrole nitrogens is 1. The minimum absolute atomic E-state index is 0.0104. The first-order chi connectivity index (χ1) is 14.7. The summed E-state index contributed by atoms with van der Waals surface area (Å²) in [7, 11) is 0. The summed E-state index contributed by atoms with van der Waals surface area (Å²) in [5.74, 6) is -0.0104. The molecule has 2 aromatic carbocycles. The molecule has 1 aliphatic carbocycles. The van der Waals surface area contributed by atoms with Crippen LogP contribution in [0.5, 0.6) is 0 Å². The van der Waals surface area contributed by atoms with E-state index in [1.54, 1.807) is 4.90 Å². The Labute approximate surface area is 175 Å². The Morgan fingerprint density at radius 2 is 1.60 bits per heavy atom. The Morgan fingerprint density at radius 1 is 0.867 bits per heavy atom. The Bertz CT molecular complexity index is 1130. The molecule has 0 unspecified atom stereocenters. The van der Waals surface area contributed by atoms with Gasteiger partial charge in [-0.15, -0.1) is 0 Å². The number of nitrogens with one attached hydrogen (secondary N) is 1. The Hall–Kier alpha value is -3.08. The van der Waals surface area contributed by atoms with Gasteiger partial charge in [-0.25, -0.2) is 4.79 Å². The lowest BCUT2D eigenvalue weighted by molar-refractivity contribution is -0.130. The summed E-state index contributed by atoms with van der Waals surface area (Å²) in [6.45, 7) is 0. The number of aromatic amines is 1. The second-order valence-corrected chi connectivity index (χ2v) is 8.79. The summed E-state index contributed by atoms with van der Waals surface area (Å²) < 4.78 is 0. The molecule has 3 heterocycles. The molecule has 1 saturated carbocycles. The van der Waals surface area contributed by atoms with Gasteiger partial charge in [0, 0.05) is 29.1 Å². The van der Waals surface area contributed by atoms with Crippen molar-refractivity contribution in [3.63, 3.8) is 0 Å². The zero-order valence-electron chi connectivity index (χ0n) is 16.9. The monoisotopic (exact) mass is 399 g/mol. The number of rotatable bonds is 2. The van der Waals surface area contributed by atoms with Crippen molar-refractivity contribution >= 4 is 22.8 Å². The van der Waals surface area contributed by atoms with E-state index in [2.05, 4.69) is 29.2 Å². The van der Waals surface area contributed by atoms with E-state index in [0.717, 1.165) is 47.8 Å². The van der Waals surface area contributed by atoms with E-state index in [-0.39, 0.29) is 24.0 Å². The van der Waals surface area contributed by atoms with Crippen LogP contribution >= 0.6 is 0 Å². The lowest BCUT2D eigenvalue weighted by atomic mass is 9.89. The molecule has 0 bridgehead atoms. The number of imide groups is 1. The van der Waals surface area contributed by atoms with Gasteiger partial charge in [0.05, 0.1) is 0 Å². The first-order valence-electron chi connectivity index (χ1n) is 11.0. The van der Waals surface area contributed by atoms with Crippen molar-refractivity contribution in [3.8, 4) is 0 Å². The fraction of sp³-hybridized carbons (Fsp3) is 0.360. The lowest BCUT2D eigenvalue weighted by Crippen LogP contribution is -2.44. The molecular weight excluding hydrogens is 374 g/mol. The minimum atomic E-state index is -0.420. The van der Waals surface area contributed by atoms with Crippen LogP contribution in [-0.2, 0) is 11.2 Å². The number of fused-ring (bicyclic) bond motifs is 4. The molecular formula is C25H25N3O2. The third-order valence-corrected chi connectivity index (χ3v) is 7.14. The van der Waals surface area contributed by atoms with Crippen molar-refractivity contribution in [2.45, 2.75) is 56.7 Å². The summed E-state index contributed by atoms with van der Waals surface area (Å²) in [5.41, 5.74) is 4.33. The third kappa shape index (κ3) is 2.47. The van der Waals surface area contributed by atoms with E-state index < -0.39 is 6.04 Å². The maximum atomic E-state index is 13.7. The van der Waals surface area contributed by atoms with Crippen molar-refractivity contribution in [2.75, 3.05) is 0 Å². The van der Waals surface area contributed by atoms with Crippen LogP contribution in [-0.4, -0.2) is 38.8 Å². The van der Waals surface area contributed by atoms with Crippen molar-refractivity contribution in [1.29, 1.82) is 0 Å². The largest absolute Gasteiger partial charge is 0.356 e. The predicted molar refractivity (Wildman–Crippen MR) is 115 cm³/mol. The molecule has 2 aliphatic heterocycles. The van der Waals surface area contributed by atoms with E-state index in [1.807, 2.05) is 35.2 Å². The van der Waals surface area contributed by atoms with Gasteiger partial charge < -0.3 is 4.98 Å². The summed E-state index contributed by atoms with van der Waals surface area (Å²) in [6.07, 6.45) is 5.83. The number of carbonyl (C=O) groups excluding carboxylic acids is 2. The average Bonchev–Trinajstić information content (AvgIpc) is 3.28. The maximum Gasteiger partial charge on any atom is 0.328 e. The van der Waals surface area contributed by atoms with Crippen LogP contribution in [0, 0.1) is 0 Å². The fourth-order valence-electron chi connectivity index (χ4n) is 5.75. The van der Waals surface area contributed by atoms with Crippen LogP contribution in [0.25, 0.3) is 10.9 Å². The fourth-order valence-corrected chi connectivity index (χ4v) is 5.75. The molecule has 2 atom stereocenters. The maximum absolute atomic E-state index is 13.7. The van der Waals surface area contributed by atoms with Crippen LogP contribution in [0.3, 0.4) is 0 Å². The van der Waals surface area contributed by atoms with Crippen LogP contribution in [0.15, 0.2) is 54.6 Å². The number of amides is 3. The molecule has 5 nitrogen and oxygen atoms in total. The highest BCUT2D eigenvalue weighted by atomic mass is 16.2. The highest BCUT2D eigenvalue weighted by molar-refractivity contribution is 6.06. The van der Waals surface area contributed by atoms with Gasteiger partial charge in [-0.05, 0) is 30.0 Å². The minimum Gasteiger partial charge on any atom is -0.356 e. The quantitative estimate of drug-likeness (QED) is 0.631. The SMILES string of the molecule is O=C1[C@@H]2Cc3c([nH]c4ccccc34)[C@H](c3ccccc3)N2C(=O)N1C1CCCCC1. The summed E-state index contributed by atoms with van der Waals surface area (Å²) >= 11 is 0. The van der Waals surface area contributed by atoms with E-state index in [4.69, 9.17) is 0 Å². The number of urea groups is 1. The first-order valence-corrected chi connectivity index (χ1v) is 11.0. The molecule has 2 fully saturated rings. The van der Waals surface area contributed by atoms with Crippen LogP contribution in [0.1, 0.15) is 55.0 Å². The van der Waals surface area contributed by atoms with Gasteiger partial charge in [0.1, 0.15) is 12.1 Å². The number of benzene rings is 2. The molecule has 1 saturated heterocycles. The summed E-state index contributed by atoms with van der Waals surface area (Å²) in [4.78, 5) is 34.3. The number of hydrogen-bond donors (Lipinski definition) is 1. The highest BCUT2D eigenvalue weighted by Gasteiger charge is 2.54. The van der Waals surface area contributed by atoms with E-state index in [0.29, 0.717) is 6.42 Å². The van der Waals surface area contributed by atoms with Crippen LogP contribution < -0.4 is 0 Å². The molecule has 3 aliphatic rings. The second kappa shape index (κ2) is 6.73. The summed E-state index contributed by atoms with van der Waals surface area (Å²) in [6, 6.07) is 17.6. The molecule has 0 spiro atoms. The molecule has 0 radical (unpaired) electrons. The summed E-state index contributed by atoms with van der Waals surface area (Å²) in [5, 5.41) is 1.16. The molecule has 3 amide bonds. The number of carbonyl (C=O) groups is 2. The van der Waals surface area contributed by atoms with E-state index in [1.165, 1.54) is 12.0 Å². The van der Waals surface area contributed by atoms with Gasteiger partial charge in [-0.1, -0.05) is 67.8 Å². The zero-order chi connectivity index (χ0) is 20.2. The molecule has 1 aromatic heterocycles. The van der Waals surface area contributed by atoms with Crippen molar-refractivity contribution in [2.24, 2.45) is 0 Å². The van der Waals surface area contributed by atoms with Gasteiger partial charge in [-0.2, -0.15) is 0 Å². The van der Waals surface area contributed by atoms with Crippen LogP contribution in [0.4, 0.5) is 4.79 Å². The molecule has 152 valence electrons. The molecule has 30 heavy (non-hydrogen) atoms. The lowest BCUT2D eigenvalue weighted by Gasteiger charge is -2.36. The molecule has 3 aromatic rings. The van der Waals surface area contributed by atoms with Gasteiger partial charge >= 0.3 is 6.03 Å².